The SMILES string of the molecule is CC1OCCC1NCc1cc(C#N)n(C)c1. The van der Waals surface area contributed by atoms with Crippen LogP contribution in [0.2, 0.25) is 0 Å². The molecule has 1 saturated heterocycles. The molecule has 86 valence electrons. The van der Waals surface area contributed by atoms with Gasteiger partial charge < -0.3 is 14.6 Å². The van der Waals surface area contributed by atoms with Crippen molar-refractivity contribution in [2.24, 2.45) is 7.05 Å². The van der Waals surface area contributed by atoms with E-state index in [2.05, 4.69) is 18.3 Å². The summed E-state index contributed by atoms with van der Waals surface area (Å²) in [4.78, 5) is 0. The fourth-order valence-electron chi connectivity index (χ4n) is 2.09. The molecule has 1 aliphatic heterocycles. The van der Waals surface area contributed by atoms with Crippen molar-refractivity contribution in [1.29, 1.82) is 5.26 Å². The van der Waals surface area contributed by atoms with Crippen LogP contribution in [0.25, 0.3) is 0 Å². The van der Waals surface area contributed by atoms with Gasteiger partial charge in [0.05, 0.1) is 6.10 Å². The Balaban J connectivity index is 1.92. The lowest BCUT2D eigenvalue weighted by Crippen LogP contribution is -2.34. The van der Waals surface area contributed by atoms with Crippen molar-refractivity contribution in [3.63, 3.8) is 0 Å². The first-order valence-corrected chi connectivity index (χ1v) is 5.61. The third-order valence-corrected chi connectivity index (χ3v) is 3.12. The summed E-state index contributed by atoms with van der Waals surface area (Å²) < 4.78 is 7.34. The third-order valence-electron chi connectivity index (χ3n) is 3.12. The Kier molecular flexibility index (Phi) is 3.28. The van der Waals surface area contributed by atoms with Crippen LogP contribution in [0.3, 0.4) is 0 Å². The van der Waals surface area contributed by atoms with Crippen LogP contribution in [0.15, 0.2) is 12.3 Å². The van der Waals surface area contributed by atoms with E-state index in [0.717, 1.165) is 25.1 Å². The second-order valence-corrected chi connectivity index (χ2v) is 4.31. The highest BCUT2D eigenvalue weighted by atomic mass is 16.5. The van der Waals surface area contributed by atoms with E-state index in [1.165, 1.54) is 0 Å². The minimum absolute atomic E-state index is 0.291. The first-order chi connectivity index (χ1) is 7.70. The van der Waals surface area contributed by atoms with Crippen molar-refractivity contribution in [3.05, 3.63) is 23.5 Å². The van der Waals surface area contributed by atoms with Gasteiger partial charge in [-0.25, -0.2) is 0 Å². The van der Waals surface area contributed by atoms with Gasteiger partial charge in [-0.05, 0) is 25.0 Å². The molecule has 2 unspecified atom stereocenters. The highest BCUT2D eigenvalue weighted by Gasteiger charge is 2.23. The highest BCUT2D eigenvalue weighted by molar-refractivity contribution is 5.28. The largest absolute Gasteiger partial charge is 0.377 e. The van der Waals surface area contributed by atoms with E-state index in [1.807, 2.05) is 23.9 Å². The average Bonchev–Trinajstić information content (AvgIpc) is 2.82. The van der Waals surface area contributed by atoms with Crippen molar-refractivity contribution in [2.75, 3.05) is 6.61 Å². The average molecular weight is 219 g/mol. The topological polar surface area (TPSA) is 50.0 Å². The van der Waals surface area contributed by atoms with E-state index in [9.17, 15) is 0 Å². The van der Waals surface area contributed by atoms with Crippen LogP contribution in [-0.2, 0) is 18.3 Å². The van der Waals surface area contributed by atoms with Crippen molar-refractivity contribution in [2.45, 2.75) is 32.0 Å². The zero-order valence-electron chi connectivity index (χ0n) is 9.73. The Morgan fingerprint density at radius 3 is 3.06 bits per heavy atom. The van der Waals surface area contributed by atoms with Gasteiger partial charge in [-0.15, -0.1) is 0 Å². The molecule has 2 atom stereocenters. The third kappa shape index (κ3) is 2.26. The van der Waals surface area contributed by atoms with Crippen molar-refractivity contribution in [3.8, 4) is 6.07 Å². The number of aromatic nitrogens is 1. The van der Waals surface area contributed by atoms with Crippen molar-refractivity contribution in [1.82, 2.24) is 9.88 Å². The Bertz CT molecular complexity index is 405. The first-order valence-electron chi connectivity index (χ1n) is 5.61. The van der Waals surface area contributed by atoms with Crippen LogP contribution in [0.1, 0.15) is 24.6 Å². The van der Waals surface area contributed by atoms with Gasteiger partial charge in [0, 0.05) is 32.4 Å². The second kappa shape index (κ2) is 4.69. The van der Waals surface area contributed by atoms with Crippen LogP contribution in [-0.4, -0.2) is 23.3 Å². The molecule has 0 saturated carbocycles. The second-order valence-electron chi connectivity index (χ2n) is 4.31. The normalized spacial score (nSPS) is 24.6. The molecular weight excluding hydrogens is 202 g/mol. The van der Waals surface area contributed by atoms with E-state index in [0.29, 0.717) is 17.8 Å². The summed E-state index contributed by atoms with van der Waals surface area (Å²) >= 11 is 0. The maximum Gasteiger partial charge on any atom is 0.120 e. The van der Waals surface area contributed by atoms with E-state index in [1.54, 1.807) is 0 Å². The Hall–Kier alpha value is -1.31. The molecular formula is C12H17N3O. The molecule has 1 aromatic heterocycles. The van der Waals surface area contributed by atoms with Crippen LogP contribution in [0.4, 0.5) is 0 Å². The van der Waals surface area contributed by atoms with E-state index >= 15 is 0 Å². The Labute approximate surface area is 95.8 Å². The van der Waals surface area contributed by atoms with Crippen molar-refractivity contribution >= 4 is 0 Å². The molecule has 16 heavy (non-hydrogen) atoms. The predicted octanol–water partition coefficient (Wildman–Crippen LogP) is 1.16. The molecule has 2 heterocycles. The highest BCUT2D eigenvalue weighted by Crippen LogP contribution is 2.14. The smallest absolute Gasteiger partial charge is 0.120 e. The summed E-state index contributed by atoms with van der Waals surface area (Å²) in [5.41, 5.74) is 1.85. The number of hydrogen-bond acceptors (Lipinski definition) is 3. The lowest BCUT2D eigenvalue weighted by Gasteiger charge is -2.15. The summed E-state index contributed by atoms with van der Waals surface area (Å²) in [5, 5.41) is 12.3. The zero-order chi connectivity index (χ0) is 11.5. The molecule has 0 radical (unpaired) electrons. The van der Waals surface area contributed by atoms with Gasteiger partial charge in [-0.3, -0.25) is 0 Å². The zero-order valence-corrected chi connectivity index (χ0v) is 9.73. The van der Waals surface area contributed by atoms with Crippen LogP contribution < -0.4 is 5.32 Å². The monoisotopic (exact) mass is 219 g/mol. The standard InChI is InChI=1S/C12H17N3O/c1-9-12(3-4-16-9)14-7-10-5-11(6-13)15(2)8-10/h5,8-9,12,14H,3-4,7H2,1-2H3. The Morgan fingerprint density at radius 1 is 1.69 bits per heavy atom. The summed E-state index contributed by atoms with van der Waals surface area (Å²) in [5.74, 6) is 0. The van der Waals surface area contributed by atoms with E-state index in [-0.39, 0.29) is 0 Å². The molecule has 0 bridgehead atoms. The minimum Gasteiger partial charge on any atom is -0.377 e. The van der Waals surface area contributed by atoms with Crippen LogP contribution in [0.5, 0.6) is 0 Å². The lowest BCUT2D eigenvalue weighted by molar-refractivity contribution is 0.113. The number of rotatable bonds is 3. The molecule has 0 amide bonds. The molecule has 0 spiro atoms. The lowest BCUT2D eigenvalue weighted by atomic mass is 10.1. The fourth-order valence-corrected chi connectivity index (χ4v) is 2.09. The van der Waals surface area contributed by atoms with Crippen LogP contribution >= 0.6 is 0 Å². The summed E-state index contributed by atoms with van der Waals surface area (Å²) in [7, 11) is 1.89. The maximum absolute atomic E-state index is 8.84. The molecule has 0 aromatic carbocycles. The predicted molar refractivity (Wildman–Crippen MR) is 60.8 cm³/mol. The summed E-state index contributed by atoms with van der Waals surface area (Å²) in [6, 6.07) is 4.52. The van der Waals surface area contributed by atoms with Gasteiger partial charge in [0.2, 0.25) is 0 Å². The quantitative estimate of drug-likeness (QED) is 0.830. The minimum atomic E-state index is 0.291. The number of nitrogens with one attached hydrogen (secondary N) is 1. The first kappa shape index (κ1) is 11.2. The molecule has 1 N–H and O–H groups in total. The van der Waals surface area contributed by atoms with Crippen LogP contribution in [0, 0.1) is 11.3 Å². The van der Waals surface area contributed by atoms with Gasteiger partial charge in [0.25, 0.3) is 0 Å². The number of ether oxygens (including phenoxy) is 1. The summed E-state index contributed by atoms with van der Waals surface area (Å²) in [6.45, 7) is 3.74. The Morgan fingerprint density at radius 2 is 2.50 bits per heavy atom. The van der Waals surface area contributed by atoms with E-state index in [4.69, 9.17) is 10.00 Å². The number of nitriles is 1. The maximum atomic E-state index is 8.84. The van der Waals surface area contributed by atoms with Crippen molar-refractivity contribution < 1.29 is 4.74 Å². The number of nitrogens with zero attached hydrogens (tertiary/aromatic N) is 2. The van der Waals surface area contributed by atoms with Gasteiger partial charge in [-0.1, -0.05) is 0 Å². The number of hydrogen-bond donors (Lipinski definition) is 1. The van der Waals surface area contributed by atoms with E-state index < -0.39 is 0 Å². The molecule has 2 rings (SSSR count). The molecule has 0 aliphatic carbocycles. The van der Waals surface area contributed by atoms with Gasteiger partial charge in [0.1, 0.15) is 11.8 Å². The molecule has 4 heteroatoms. The van der Waals surface area contributed by atoms with Gasteiger partial charge in [-0.2, -0.15) is 5.26 Å². The molecule has 4 nitrogen and oxygen atoms in total. The molecule has 1 aromatic rings. The number of aryl methyl sites for hydroxylation is 1. The molecule has 1 aliphatic rings. The fraction of sp³-hybridized carbons (Fsp3) is 0.583. The van der Waals surface area contributed by atoms with Gasteiger partial charge in [0.15, 0.2) is 0 Å². The molecule has 1 fully saturated rings. The van der Waals surface area contributed by atoms with Gasteiger partial charge >= 0.3 is 0 Å². The summed E-state index contributed by atoms with van der Waals surface area (Å²) in [6.07, 6.45) is 3.35.